The minimum Gasteiger partial charge on any atom is -0.394 e. The number of aliphatic hydroxyl groups is 1. The molecule has 1 aliphatic rings. The van der Waals surface area contributed by atoms with E-state index in [1.807, 2.05) is 13.8 Å². The van der Waals surface area contributed by atoms with E-state index < -0.39 is 17.8 Å². The minimum absolute atomic E-state index is 0.0215. The maximum absolute atomic E-state index is 14.3. The van der Waals surface area contributed by atoms with E-state index >= 15 is 0 Å². The summed E-state index contributed by atoms with van der Waals surface area (Å²) in [5.74, 6) is -0.991. The predicted molar refractivity (Wildman–Crippen MR) is 75.7 cm³/mol. The summed E-state index contributed by atoms with van der Waals surface area (Å²) in [6.45, 7) is 4.60. The van der Waals surface area contributed by atoms with Crippen LogP contribution < -0.4 is 5.32 Å². The molecule has 0 spiro atoms. The van der Waals surface area contributed by atoms with Crippen LogP contribution in [0.2, 0.25) is 0 Å². The lowest BCUT2D eigenvalue weighted by Gasteiger charge is -2.36. The van der Waals surface area contributed by atoms with Crippen LogP contribution >= 0.6 is 0 Å². The van der Waals surface area contributed by atoms with Crippen molar-refractivity contribution >= 4 is 11.7 Å². The Balaban J connectivity index is 2.21. The van der Waals surface area contributed by atoms with Crippen molar-refractivity contribution in [2.45, 2.75) is 26.1 Å². The summed E-state index contributed by atoms with van der Waals surface area (Å²) in [6.07, 6.45) is 0.774. The van der Waals surface area contributed by atoms with E-state index in [1.165, 1.54) is 17.2 Å². The van der Waals surface area contributed by atoms with Gasteiger partial charge >= 0.3 is 0 Å². The lowest BCUT2D eigenvalue weighted by Crippen LogP contribution is -2.50. The van der Waals surface area contributed by atoms with Gasteiger partial charge in [-0.15, -0.1) is 0 Å². The normalized spacial score (nSPS) is 22.2. The molecule has 0 aliphatic carbocycles. The highest BCUT2D eigenvalue weighted by atomic mass is 19.1. The van der Waals surface area contributed by atoms with E-state index in [0.29, 0.717) is 13.1 Å². The summed E-state index contributed by atoms with van der Waals surface area (Å²) in [5.41, 5.74) is -0.0215. The van der Waals surface area contributed by atoms with E-state index in [1.54, 1.807) is 0 Å². The van der Waals surface area contributed by atoms with Gasteiger partial charge in [-0.1, -0.05) is 0 Å². The van der Waals surface area contributed by atoms with Crippen LogP contribution in [0.15, 0.2) is 12.3 Å². The molecule has 7 heteroatoms. The van der Waals surface area contributed by atoms with Gasteiger partial charge < -0.3 is 20.1 Å². The highest BCUT2D eigenvalue weighted by molar-refractivity contribution is 5.95. The number of ether oxygens (including phenoxy) is 1. The SMILES string of the molecule is CCNc1nccc(C(=O)N2CC(C)OC(CO)C2)c1F. The second kappa shape index (κ2) is 6.82. The molecule has 1 amide bonds. The van der Waals surface area contributed by atoms with Gasteiger partial charge in [0.1, 0.15) is 0 Å². The lowest BCUT2D eigenvalue weighted by molar-refractivity contribution is -0.0859. The molecular formula is C14H20FN3O3. The van der Waals surface area contributed by atoms with Crippen molar-refractivity contribution in [3.63, 3.8) is 0 Å². The van der Waals surface area contributed by atoms with Gasteiger partial charge in [0.2, 0.25) is 0 Å². The Morgan fingerprint density at radius 1 is 1.62 bits per heavy atom. The lowest BCUT2D eigenvalue weighted by atomic mass is 10.1. The minimum atomic E-state index is -0.649. The second-order valence-electron chi connectivity index (χ2n) is 5.01. The fourth-order valence-corrected chi connectivity index (χ4v) is 2.38. The average molecular weight is 297 g/mol. The Morgan fingerprint density at radius 3 is 3.05 bits per heavy atom. The number of hydrogen-bond donors (Lipinski definition) is 2. The number of halogens is 1. The molecule has 0 bridgehead atoms. The number of carbonyl (C=O) groups excluding carboxylic acids is 1. The quantitative estimate of drug-likeness (QED) is 0.863. The Kier molecular flexibility index (Phi) is 5.08. The smallest absolute Gasteiger partial charge is 0.257 e. The number of morpholine rings is 1. The molecule has 0 saturated carbocycles. The van der Waals surface area contributed by atoms with Gasteiger partial charge in [-0.05, 0) is 19.9 Å². The van der Waals surface area contributed by atoms with Crippen LogP contribution in [0.4, 0.5) is 10.2 Å². The van der Waals surface area contributed by atoms with Crippen molar-refractivity contribution in [1.82, 2.24) is 9.88 Å². The molecule has 2 unspecified atom stereocenters. The van der Waals surface area contributed by atoms with Crippen molar-refractivity contribution < 1.29 is 19.0 Å². The number of hydrogen-bond acceptors (Lipinski definition) is 5. The molecule has 2 heterocycles. The zero-order valence-electron chi connectivity index (χ0n) is 12.2. The summed E-state index contributed by atoms with van der Waals surface area (Å²) in [6, 6.07) is 1.37. The maximum Gasteiger partial charge on any atom is 0.257 e. The van der Waals surface area contributed by atoms with E-state index in [0.717, 1.165) is 0 Å². The van der Waals surface area contributed by atoms with E-state index in [-0.39, 0.29) is 30.6 Å². The molecule has 2 atom stereocenters. The monoisotopic (exact) mass is 297 g/mol. The largest absolute Gasteiger partial charge is 0.394 e. The molecule has 2 N–H and O–H groups in total. The number of carbonyl (C=O) groups is 1. The van der Waals surface area contributed by atoms with Crippen molar-refractivity contribution in [1.29, 1.82) is 0 Å². The molecule has 1 fully saturated rings. The number of nitrogens with one attached hydrogen (secondary N) is 1. The van der Waals surface area contributed by atoms with Crippen LogP contribution in [0.3, 0.4) is 0 Å². The van der Waals surface area contributed by atoms with E-state index in [4.69, 9.17) is 4.74 Å². The van der Waals surface area contributed by atoms with Gasteiger partial charge in [0.05, 0.1) is 24.4 Å². The predicted octanol–water partition coefficient (Wildman–Crippen LogP) is 0.874. The summed E-state index contributed by atoms with van der Waals surface area (Å²) < 4.78 is 19.8. The Morgan fingerprint density at radius 2 is 2.38 bits per heavy atom. The topological polar surface area (TPSA) is 74.7 Å². The van der Waals surface area contributed by atoms with Crippen molar-refractivity contribution in [3.8, 4) is 0 Å². The fraction of sp³-hybridized carbons (Fsp3) is 0.571. The van der Waals surface area contributed by atoms with Crippen molar-refractivity contribution in [3.05, 3.63) is 23.6 Å². The summed E-state index contributed by atoms with van der Waals surface area (Å²) >= 11 is 0. The molecule has 6 nitrogen and oxygen atoms in total. The molecule has 1 aromatic rings. The number of rotatable bonds is 4. The number of aromatic nitrogens is 1. The molecule has 1 saturated heterocycles. The van der Waals surface area contributed by atoms with Gasteiger partial charge in [0, 0.05) is 25.8 Å². The van der Waals surface area contributed by atoms with Gasteiger partial charge in [0.15, 0.2) is 11.6 Å². The first-order valence-electron chi connectivity index (χ1n) is 7.00. The van der Waals surface area contributed by atoms with Gasteiger partial charge in [-0.2, -0.15) is 0 Å². The highest BCUT2D eigenvalue weighted by Gasteiger charge is 2.30. The third-order valence-electron chi connectivity index (χ3n) is 3.28. The standard InChI is InChI=1S/C14H20FN3O3/c1-3-16-13-12(15)11(4-5-17-13)14(20)18-6-9(2)21-10(7-18)8-19/h4-5,9-10,19H,3,6-8H2,1-2H3,(H,16,17). The molecule has 21 heavy (non-hydrogen) atoms. The van der Waals surface area contributed by atoms with Crippen LogP contribution in [-0.2, 0) is 4.74 Å². The van der Waals surface area contributed by atoms with E-state index in [9.17, 15) is 14.3 Å². The maximum atomic E-state index is 14.3. The summed E-state index contributed by atoms with van der Waals surface area (Å²) in [5, 5.41) is 12.0. The van der Waals surface area contributed by atoms with Crippen molar-refractivity contribution in [2.75, 3.05) is 31.6 Å². The number of pyridine rings is 1. The molecule has 1 aliphatic heterocycles. The third-order valence-corrected chi connectivity index (χ3v) is 3.28. The summed E-state index contributed by atoms with van der Waals surface area (Å²) in [7, 11) is 0. The number of nitrogens with zero attached hydrogens (tertiary/aromatic N) is 2. The second-order valence-corrected chi connectivity index (χ2v) is 5.01. The molecule has 1 aromatic heterocycles. The van der Waals surface area contributed by atoms with Crippen LogP contribution in [0.25, 0.3) is 0 Å². The van der Waals surface area contributed by atoms with Crippen LogP contribution in [0, 0.1) is 5.82 Å². The Hall–Kier alpha value is -1.73. The summed E-state index contributed by atoms with van der Waals surface area (Å²) in [4.78, 5) is 17.9. The average Bonchev–Trinajstić information content (AvgIpc) is 2.48. The number of anilines is 1. The third kappa shape index (κ3) is 3.48. The van der Waals surface area contributed by atoms with Crippen LogP contribution in [-0.4, -0.2) is 59.3 Å². The molecule has 0 aromatic carbocycles. The van der Waals surface area contributed by atoms with Gasteiger partial charge in [-0.3, -0.25) is 4.79 Å². The van der Waals surface area contributed by atoms with Gasteiger partial charge in [0.25, 0.3) is 5.91 Å². The van der Waals surface area contributed by atoms with E-state index in [2.05, 4.69) is 10.3 Å². The molecule has 116 valence electrons. The van der Waals surface area contributed by atoms with Crippen LogP contribution in [0.1, 0.15) is 24.2 Å². The Labute approximate surface area is 122 Å². The van der Waals surface area contributed by atoms with Gasteiger partial charge in [-0.25, -0.2) is 9.37 Å². The van der Waals surface area contributed by atoms with Crippen LogP contribution in [0.5, 0.6) is 0 Å². The molecular weight excluding hydrogens is 277 g/mol. The Bertz CT molecular complexity index is 512. The van der Waals surface area contributed by atoms with Crippen molar-refractivity contribution in [2.24, 2.45) is 0 Å². The fourth-order valence-electron chi connectivity index (χ4n) is 2.38. The first kappa shape index (κ1) is 15.7. The highest BCUT2D eigenvalue weighted by Crippen LogP contribution is 2.19. The number of aliphatic hydroxyl groups excluding tert-OH is 1. The molecule has 0 radical (unpaired) electrons. The first-order valence-corrected chi connectivity index (χ1v) is 7.00. The molecule has 2 rings (SSSR count). The first-order chi connectivity index (χ1) is 10.1. The zero-order chi connectivity index (χ0) is 15.4. The number of amides is 1. The zero-order valence-corrected chi connectivity index (χ0v) is 12.2.